The van der Waals surface area contributed by atoms with Crippen LogP contribution in [0.3, 0.4) is 0 Å². The lowest BCUT2D eigenvalue weighted by molar-refractivity contribution is -0.151. The minimum atomic E-state index is -0.796. The summed E-state index contributed by atoms with van der Waals surface area (Å²) in [6.07, 6.45) is 64.2. The predicted octanol–water partition coefficient (Wildman–Crippen LogP) is 16.8. The van der Waals surface area contributed by atoms with E-state index in [0.29, 0.717) is 19.3 Å². The van der Waals surface area contributed by atoms with E-state index in [1.165, 1.54) is 154 Å². The molecule has 0 saturated heterocycles. The molecule has 6 heteroatoms. The van der Waals surface area contributed by atoms with Crippen molar-refractivity contribution in [3.8, 4) is 0 Å². The van der Waals surface area contributed by atoms with Crippen LogP contribution in [0.25, 0.3) is 0 Å². The van der Waals surface area contributed by atoms with Crippen molar-refractivity contribution in [2.75, 3.05) is 6.61 Å². The normalized spacial score (nSPS) is 13.6. The van der Waals surface area contributed by atoms with Crippen LogP contribution in [0.4, 0.5) is 0 Å². The highest BCUT2D eigenvalue weighted by Crippen LogP contribution is 2.18. The molecule has 0 heterocycles. The van der Waals surface area contributed by atoms with E-state index < -0.39 is 18.2 Å². The maximum atomic E-state index is 13.2. The summed E-state index contributed by atoms with van der Waals surface area (Å²) in [5, 5.41) is 23.8. The fourth-order valence-electron chi connectivity index (χ4n) is 8.34. The second kappa shape index (κ2) is 51.5. The molecule has 0 aromatic carbocycles. The Hall–Kier alpha value is -2.44. The number of carbonyl (C=O) groups excluding carboxylic acids is 2. The number of rotatable bonds is 49. The molecular formula is C58H105NO5. The smallest absolute Gasteiger partial charge is 0.306 e. The Kier molecular flexibility index (Phi) is 49.6. The van der Waals surface area contributed by atoms with Crippen molar-refractivity contribution in [2.24, 2.45) is 0 Å². The molecule has 0 aromatic heterocycles. The number of allylic oxidation sites excluding steroid dienone is 10. The summed E-state index contributed by atoms with van der Waals surface area (Å²) in [5.41, 5.74) is 0. The first kappa shape index (κ1) is 61.6. The second-order valence-electron chi connectivity index (χ2n) is 18.7. The molecule has 0 radical (unpaired) electrons. The predicted molar refractivity (Wildman–Crippen MR) is 278 cm³/mol. The van der Waals surface area contributed by atoms with Crippen LogP contribution >= 0.6 is 0 Å². The quantitative estimate of drug-likeness (QED) is 0.0321. The lowest BCUT2D eigenvalue weighted by Gasteiger charge is -2.24. The van der Waals surface area contributed by atoms with Crippen LogP contribution in [0, 0.1) is 0 Å². The molecule has 372 valence electrons. The van der Waals surface area contributed by atoms with Gasteiger partial charge in [0.1, 0.15) is 6.10 Å². The summed E-state index contributed by atoms with van der Waals surface area (Å²) >= 11 is 0. The van der Waals surface area contributed by atoms with Crippen LogP contribution in [0.2, 0.25) is 0 Å². The topological polar surface area (TPSA) is 95.9 Å². The molecule has 3 atom stereocenters. The number of carbonyl (C=O) groups is 2. The van der Waals surface area contributed by atoms with E-state index in [9.17, 15) is 19.8 Å². The number of hydrogen-bond donors (Lipinski definition) is 3. The Morgan fingerprint density at radius 3 is 1.27 bits per heavy atom. The van der Waals surface area contributed by atoms with Crippen molar-refractivity contribution in [3.63, 3.8) is 0 Å². The van der Waals surface area contributed by atoms with Gasteiger partial charge in [-0.3, -0.25) is 9.59 Å². The zero-order chi connectivity index (χ0) is 46.7. The summed E-state index contributed by atoms with van der Waals surface area (Å²) in [6, 6.07) is -0.711. The first-order chi connectivity index (χ1) is 31.5. The fraction of sp³-hybridized carbons (Fsp3) is 0.793. The minimum Gasteiger partial charge on any atom is -0.462 e. The average Bonchev–Trinajstić information content (AvgIpc) is 3.29. The molecular weight excluding hydrogens is 791 g/mol. The summed E-state index contributed by atoms with van der Waals surface area (Å²) in [5.74, 6) is -0.513. The zero-order valence-electron chi connectivity index (χ0n) is 42.4. The minimum absolute atomic E-state index is 0.0618. The molecule has 0 fully saturated rings. The van der Waals surface area contributed by atoms with Gasteiger partial charge in [-0.25, -0.2) is 0 Å². The molecule has 0 aromatic rings. The van der Waals surface area contributed by atoms with E-state index >= 15 is 0 Å². The lowest BCUT2D eigenvalue weighted by atomic mass is 10.0. The van der Waals surface area contributed by atoms with Gasteiger partial charge in [-0.05, 0) is 44.9 Å². The van der Waals surface area contributed by atoms with Gasteiger partial charge in [0.25, 0.3) is 0 Å². The number of aliphatic hydroxyl groups is 2. The van der Waals surface area contributed by atoms with Crippen molar-refractivity contribution in [3.05, 3.63) is 60.8 Å². The van der Waals surface area contributed by atoms with E-state index in [4.69, 9.17) is 4.74 Å². The van der Waals surface area contributed by atoms with Crippen LogP contribution < -0.4 is 5.32 Å². The van der Waals surface area contributed by atoms with Crippen LogP contribution in [-0.4, -0.2) is 46.9 Å². The lowest BCUT2D eigenvalue weighted by Crippen LogP contribution is -2.46. The largest absolute Gasteiger partial charge is 0.462 e. The van der Waals surface area contributed by atoms with Gasteiger partial charge in [-0.2, -0.15) is 0 Å². The highest BCUT2D eigenvalue weighted by Gasteiger charge is 2.24. The van der Waals surface area contributed by atoms with Gasteiger partial charge in [-0.15, -0.1) is 0 Å². The summed E-state index contributed by atoms with van der Waals surface area (Å²) < 4.78 is 5.93. The first-order valence-electron chi connectivity index (χ1n) is 27.6. The van der Waals surface area contributed by atoms with Gasteiger partial charge in [0.2, 0.25) is 5.91 Å². The van der Waals surface area contributed by atoms with E-state index in [2.05, 4.69) is 50.4 Å². The van der Waals surface area contributed by atoms with Crippen molar-refractivity contribution < 1.29 is 24.5 Å². The Bertz CT molecular complexity index is 1140. The Morgan fingerprint density at radius 1 is 0.469 bits per heavy atom. The zero-order valence-corrected chi connectivity index (χ0v) is 42.4. The van der Waals surface area contributed by atoms with Crippen molar-refractivity contribution >= 4 is 11.9 Å². The second-order valence-corrected chi connectivity index (χ2v) is 18.7. The Labute approximate surface area is 397 Å². The molecule has 0 aliphatic carbocycles. The number of nitrogens with one attached hydrogen (secondary N) is 1. The summed E-state index contributed by atoms with van der Waals surface area (Å²) in [6.45, 7) is 6.36. The van der Waals surface area contributed by atoms with E-state index in [-0.39, 0.29) is 24.9 Å². The highest BCUT2D eigenvalue weighted by atomic mass is 16.5. The van der Waals surface area contributed by atoms with E-state index in [1.54, 1.807) is 0 Å². The molecule has 0 saturated carbocycles. The molecule has 0 rings (SSSR count). The van der Waals surface area contributed by atoms with Crippen LogP contribution in [-0.2, 0) is 14.3 Å². The van der Waals surface area contributed by atoms with E-state index in [1.807, 2.05) is 36.5 Å². The molecule has 64 heavy (non-hydrogen) atoms. The Morgan fingerprint density at radius 2 is 0.844 bits per heavy atom. The van der Waals surface area contributed by atoms with Gasteiger partial charge in [0, 0.05) is 6.42 Å². The number of hydrogen-bond acceptors (Lipinski definition) is 5. The maximum absolute atomic E-state index is 13.2. The third-order valence-corrected chi connectivity index (χ3v) is 12.5. The molecule has 6 nitrogen and oxygen atoms in total. The van der Waals surface area contributed by atoms with Crippen LogP contribution in [0.15, 0.2) is 60.8 Å². The number of unbranched alkanes of at least 4 members (excludes halogenated alkanes) is 31. The SMILES string of the molecule is CC/C=C/C=C/C=C\C=C/C=C/CCCCCC(=O)OC(CCCCCCCCCCCCCCCCCC)CC(=O)NC(CO)C(O)CCCCCCCCCCCCCCCC. The van der Waals surface area contributed by atoms with Gasteiger partial charge < -0.3 is 20.3 Å². The van der Waals surface area contributed by atoms with Gasteiger partial charge in [0.15, 0.2) is 0 Å². The summed E-state index contributed by atoms with van der Waals surface area (Å²) in [4.78, 5) is 26.2. The molecule has 0 aliphatic heterocycles. The average molecular weight is 896 g/mol. The van der Waals surface area contributed by atoms with Crippen molar-refractivity contribution in [1.29, 1.82) is 0 Å². The standard InChI is InChI=1S/C58H105NO5/c1-4-7-10-13-16-19-22-25-28-30-31-34-37-40-43-46-49-54(64-58(63)51-48-45-42-39-36-33-29-26-23-20-17-14-11-8-5-2)52-57(62)59-55(53-60)56(61)50-47-44-41-38-35-32-27-24-21-18-15-12-9-6-3/h8,11,14,17,20,23,26,29,33,36,54-56,60-61H,4-7,9-10,12-13,15-16,18-19,21-22,24-25,27-28,30-32,34-35,37-53H2,1-3H3,(H,59,62)/b11-8+,17-14+,23-20-,29-26-,36-33+. The van der Waals surface area contributed by atoms with Crippen LogP contribution in [0.5, 0.6) is 0 Å². The molecule has 0 spiro atoms. The fourth-order valence-corrected chi connectivity index (χ4v) is 8.34. The number of esters is 1. The van der Waals surface area contributed by atoms with Gasteiger partial charge in [0.05, 0.1) is 25.2 Å². The molecule has 0 aliphatic rings. The van der Waals surface area contributed by atoms with Gasteiger partial charge >= 0.3 is 5.97 Å². The van der Waals surface area contributed by atoms with Crippen molar-refractivity contribution in [1.82, 2.24) is 5.32 Å². The monoisotopic (exact) mass is 896 g/mol. The number of ether oxygens (including phenoxy) is 1. The van der Waals surface area contributed by atoms with Gasteiger partial charge in [-0.1, -0.05) is 274 Å². The number of aliphatic hydroxyl groups excluding tert-OH is 2. The number of amides is 1. The Balaban J connectivity index is 4.63. The van der Waals surface area contributed by atoms with Crippen molar-refractivity contribution in [2.45, 2.75) is 289 Å². The summed E-state index contributed by atoms with van der Waals surface area (Å²) in [7, 11) is 0. The van der Waals surface area contributed by atoms with Crippen LogP contribution in [0.1, 0.15) is 271 Å². The first-order valence-corrected chi connectivity index (χ1v) is 27.6. The molecule has 3 N–H and O–H groups in total. The highest BCUT2D eigenvalue weighted by molar-refractivity contribution is 5.77. The maximum Gasteiger partial charge on any atom is 0.306 e. The molecule has 1 amide bonds. The molecule has 0 bridgehead atoms. The third kappa shape index (κ3) is 46.1. The van der Waals surface area contributed by atoms with E-state index in [0.717, 1.165) is 70.6 Å². The third-order valence-electron chi connectivity index (χ3n) is 12.5. The molecule has 3 unspecified atom stereocenters.